The van der Waals surface area contributed by atoms with Crippen LogP contribution in [0.15, 0.2) is 77.7 Å². The lowest BCUT2D eigenvalue weighted by Gasteiger charge is -2.26. The number of anilines is 1. The largest absolute Gasteiger partial charge is 0.348 e. The Kier molecular flexibility index (Phi) is 7.82. The van der Waals surface area contributed by atoms with Crippen LogP contribution in [0.4, 0.5) is 5.69 Å². The van der Waals surface area contributed by atoms with Gasteiger partial charge in [0.2, 0.25) is 5.91 Å². The van der Waals surface area contributed by atoms with Gasteiger partial charge in [0.25, 0.3) is 10.0 Å². The van der Waals surface area contributed by atoms with Crippen molar-refractivity contribution in [2.75, 3.05) is 10.8 Å². The van der Waals surface area contributed by atoms with Crippen molar-refractivity contribution in [1.82, 2.24) is 5.32 Å². The minimum atomic E-state index is -4.05. The van der Waals surface area contributed by atoms with Crippen LogP contribution < -0.4 is 9.62 Å². The first-order valence-electron chi connectivity index (χ1n) is 10.1. The SMILES string of the molecule is CC[C@@H](NC(=O)CN(c1cc(Cl)cc(Cl)c1)S(=O)(=O)c1ccc(C)cc1)c1ccccc1. The van der Waals surface area contributed by atoms with E-state index in [2.05, 4.69) is 5.32 Å². The van der Waals surface area contributed by atoms with Crippen LogP contribution in [-0.4, -0.2) is 20.9 Å². The zero-order valence-electron chi connectivity index (χ0n) is 17.8. The molecule has 0 aliphatic heterocycles. The lowest BCUT2D eigenvalue weighted by Crippen LogP contribution is -2.42. The normalized spacial score (nSPS) is 12.2. The van der Waals surface area contributed by atoms with Gasteiger partial charge in [-0.05, 0) is 49.2 Å². The molecular weight excluding hydrogens is 467 g/mol. The van der Waals surface area contributed by atoms with Crippen LogP contribution in [0.3, 0.4) is 0 Å². The number of aryl methyl sites for hydroxylation is 1. The van der Waals surface area contributed by atoms with Gasteiger partial charge in [0.15, 0.2) is 0 Å². The van der Waals surface area contributed by atoms with Gasteiger partial charge < -0.3 is 5.32 Å². The number of carbonyl (C=O) groups excluding carboxylic acids is 1. The summed E-state index contributed by atoms with van der Waals surface area (Å²) >= 11 is 12.3. The van der Waals surface area contributed by atoms with Gasteiger partial charge in [0.1, 0.15) is 6.54 Å². The molecule has 0 unspecified atom stereocenters. The molecule has 0 spiro atoms. The number of halogens is 2. The van der Waals surface area contributed by atoms with Crippen LogP contribution in [0.5, 0.6) is 0 Å². The molecule has 1 N–H and O–H groups in total. The minimum absolute atomic E-state index is 0.0714. The molecule has 0 saturated heterocycles. The topological polar surface area (TPSA) is 66.5 Å². The maximum Gasteiger partial charge on any atom is 0.264 e. The monoisotopic (exact) mass is 490 g/mol. The van der Waals surface area contributed by atoms with Gasteiger partial charge >= 0.3 is 0 Å². The van der Waals surface area contributed by atoms with Crippen molar-refractivity contribution < 1.29 is 13.2 Å². The van der Waals surface area contributed by atoms with Gasteiger partial charge in [0.05, 0.1) is 16.6 Å². The molecule has 0 radical (unpaired) electrons. The maximum absolute atomic E-state index is 13.5. The number of rotatable bonds is 8. The third kappa shape index (κ3) is 5.82. The fraction of sp³-hybridized carbons (Fsp3) is 0.208. The molecule has 32 heavy (non-hydrogen) atoms. The highest BCUT2D eigenvalue weighted by Gasteiger charge is 2.28. The molecule has 8 heteroatoms. The molecule has 0 aliphatic carbocycles. The summed E-state index contributed by atoms with van der Waals surface area (Å²) in [5, 5.41) is 3.48. The van der Waals surface area contributed by atoms with E-state index in [0.717, 1.165) is 15.4 Å². The number of amides is 1. The van der Waals surface area contributed by atoms with Gasteiger partial charge in [-0.15, -0.1) is 0 Å². The Hall–Kier alpha value is -2.54. The van der Waals surface area contributed by atoms with Crippen molar-refractivity contribution in [3.63, 3.8) is 0 Å². The lowest BCUT2D eigenvalue weighted by molar-refractivity contribution is -0.120. The molecule has 1 amide bonds. The van der Waals surface area contributed by atoms with Crippen LogP contribution in [0.1, 0.15) is 30.5 Å². The third-order valence-electron chi connectivity index (χ3n) is 4.98. The highest BCUT2D eigenvalue weighted by atomic mass is 35.5. The Morgan fingerprint density at radius 2 is 1.56 bits per heavy atom. The van der Waals surface area contributed by atoms with Gasteiger partial charge in [-0.1, -0.05) is 78.2 Å². The van der Waals surface area contributed by atoms with Crippen LogP contribution in [0, 0.1) is 6.92 Å². The van der Waals surface area contributed by atoms with Crippen LogP contribution in [0.2, 0.25) is 10.0 Å². The minimum Gasteiger partial charge on any atom is -0.348 e. The van der Waals surface area contributed by atoms with Crippen molar-refractivity contribution >= 4 is 44.8 Å². The summed E-state index contributed by atoms with van der Waals surface area (Å²) in [6.45, 7) is 3.40. The van der Waals surface area contributed by atoms with E-state index < -0.39 is 22.5 Å². The standard InChI is InChI=1S/C24H24Cl2N2O3S/c1-3-23(18-7-5-4-6-8-18)27-24(29)16-28(21-14-19(25)13-20(26)15-21)32(30,31)22-11-9-17(2)10-12-22/h4-15,23H,3,16H2,1-2H3,(H,27,29)/t23-/m1/s1. The predicted molar refractivity (Wildman–Crippen MR) is 130 cm³/mol. The van der Waals surface area contributed by atoms with Crippen LogP contribution >= 0.6 is 23.2 Å². The molecule has 168 valence electrons. The number of nitrogens with one attached hydrogen (secondary N) is 1. The Labute approximate surface area is 199 Å². The quantitative estimate of drug-likeness (QED) is 0.436. The molecule has 0 bridgehead atoms. The van der Waals surface area contributed by atoms with E-state index >= 15 is 0 Å². The Morgan fingerprint density at radius 1 is 0.969 bits per heavy atom. The highest BCUT2D eigenvalue weighted by molar-refractivity contribution is 7.92. The first kappa shape index (κ1) is 24.1. The van der Waals surface area contributed by atoms with Crippen molar-refractivity contribution in [1.29, 1.82) is 0 Å². The van der Waals surface area contributed by atoms with Gasteiger partial charge in [0, 0.05) is 10.0 Å². The van der Waals surface area contributed by atoms with E-state index in [9.17, 15) is 13.2 Å². The molecule has 0 aliphatic rings. The predicted octanol–water partition coefficient (Wildman–Crippen LogP) is 5.76. The second kappa shape index (κ2) is 10.4. The van der Waals surface area contributed by atoms with E-state index in [1.807, 2.05) is 44.2 Å². The molecule has 3 aromatic rings. The zero-order valence-corrected chi connectivity index (χ0v) is 20.1. The van der Waals surface area contributed by atoms with Gasteiger partial charge in [-0.25, -0.2) is 8.42 Å². The second-order valence-electron chi connectivity index (χ2n) is 7.39. The number of hydrogen-bond donors (Lipinski definition) is 1. The zero-order chi connectivity index (χ0) is 23.3. The number of sulfonamides is 1. The molecule has 1 atom stereocenters. The fourth-order valence-electron chi connectivity index (χ4n) is 3.31. The first-order chi connectivity index (χ1) is 15.2. The molecule has 0 heterocycles. The lowest BCUT2D eigenvalue weighted by atomic mass is 10.0. The van der Waals surface area contributed by atoms with Crippen molar-refractivity contribution in [3.05, 3.63) is 94.0 Å². The number of carbonyl (C=O) groups is 1. The van der Waals surface area contributed by atoms with Crippen molar-refractivity contribution in [3.8, 4) is 0 Å². The van der Waals surface area contributed by atoms with Crippen LogP contribution in [-0.2, 0) is 14.8 Å². The van der Waals surface area contributed by atoms with Crippen molar-refractivity contribution in [2.45, 2.75) is 31.2 Å². The number of nitrogens with zero attached hydrogens (tertiary/aromatic N) is 1. The molecule has 3 rings (SSSR count). The number of benzene rings is 3. The molecule has 0 fully saturated rings. The Morgan fingerprint density at radius 3 is 2.12 bits per heavy atom. The summed E-state index contributed by atoms with van der Waals surface area (Å²) in [6, 6.07) is 20.2. The van der Waals surface area contributed by atoms with E-state index in [4.69, 9.17) is 23.2 Å². The highest BCUT2D eigenvalue weighted by Crippen LogP contribution is 2.30. The average Bonchev–Trinajstić information content (AvgIpc) is 2.76. The smallest absolute Gasteiger partial charge is 0.264 e. The van der Waals surface area contributed by atoms with Crippen molar-refractivity contribution in [2.24, 2.45) is 0 Å². The summed E-state index contributed by atoms with van der Waals surface area (Å²) in [7, 11) is -4.05. The van der Waals surface area contributed by atoms with E-state index in [-0.39, 0.29) is 26.7 Å². The summed E-state index contributed by atoms with van der Waals surface area (Å²) in [5.41, 5.74) is 2.08. The molecule has 5 nitrogen and oxygen atoms in total. The maximum atomic E-state index is 13.5. The average molecular weight is 491 g/mol. The fourth-order valence-corrected chi connectivity index (χ4v) is 5.23. The van der Waals surface area contributed by atoms with Gasteiger partial charge in [-0.2, -0.15) is 0 Å². The second-order valence-corrected chi connectivity index (χ2v) is 10.1. The molecule has 3 aromatic carbocycles. The summed E-state index contributed by atoms with van der Waals surface area (Å²) in [6.07, 6.45) is 0.656. The Bertz CT molecular complexity index is 1160. The molecule has 0 saturated carbocycles. The molecular formula is C24H24Cl2N2O3S. The van der Waals surface area contributed by atoms with E-state index in [1.165, 1.54) is 30.3 Å². The summed E-state index contributed by atoms with van der Waals surface area (Å²) < 4.78 is 28.0. The third-order valence-corrected chi connectivity index (χ3v) is 7.20. The molecule has 0 aromatic heterocycles. The van der Waals surface area contributed by atoms with E-state index in [0.29, 0.717) is 6.42 Å². The van der Waals surface area contributed by atoms with Crippen LogP contribution in [0.25, 0.3) is 0 Å². The first-order valence-corrected chi connectivity index (χ1v) is 12.3. The summed E-state index contributed by atoms with van der Waals surface area (Å²) in [4.78, 5) is 13.1. The summed E-state index contributed by atoms with van der Waals surface area (Å²) in [5.74, 6) is -0.438. The number of hydrogen-bond acceptors (Lipinski definition) is 3. The Balaban J connectivity index is 1.95. The van der Waals surface area contributed by atoms with Gasteiger partial charge in [-0.3, -0.25) is 9.10 Å². The van der Waals surface area contributed by atoms with E-state index in [1.54, 1.807) is 12.1 Å².